The van der Waals surface area contributed by atoms with Gasteiger partial charge >= 0.3 is 5.97 Å². The summed E-state index contributed by atoms with van der Waals surface area (Å²) in [7, 11) is 1.56. The molecule has 58 heavy (non-hydrogen) atoms. The Labute approximate surface area is 348 Å². The standard InChI is InChI=1S/C29H39NO4.C18H34N4O2/c1-20(10-9-13-24-11-7-6-8-12-24)25-14-15-26-27(21(2)16-17-30-22(3)31)19-29(5,33-23(4)32)34-28(26)18-25;1-24-18-14-16(6-7-17(18)23)15-22-13-5-12-21-10-3-2-9-20-11-4-8-19/h6-8,11-12,14-15,18,20-21,27H,9-10,13,16-17,19H2,1-5H3,(H,30,31);6-7,14,20-23H,2-5,8-13,15,19H2,1H3. The number of nitrogens with one attached hydrogen (secondary N) is 4. The lowest BCUT2D eigenvalue weighted by atomic mass is 9.78. The molecule has 11 heteroatoms. The van der Waals surface area contributed by atoms with Gasteiger partial charge in [0.2, 0.25) is 5.91 Å². The summed E-state index contributed by atoms with van der Waals surface area (Å²) < 4.78 is 17.1. The number of carbonyl (C=O) groups excluding carboxylic acids is 2. The zero-order chi connectivity index (χ0) is 42.2. The quantitative estimate of drug-likeness (QED) is 0.0380. The molecule has 0 aliphatic carbocycles. The molecule has 1 aliphatic rings. The van der Waals surface area contributed by atoms with E-state index >= 15 is 0 Å². The van der Waals surface area contributed by atoms with Crippen LogP contribution < -0.4 is 36.5 Å². The topological polar surface area (TPSA) is 156 Å². The van der Waals surface area contributed by atoms with E-state index in [0.717, 1.165) is 101 Å². The van der Waals surface area contributed by atoms with Crippen molar-refractivity contribution in [1.29, 1.82) is 0 Å². The van der Waals surface area contributed by atoms with Gasteiger partial charge in [0.1, 0.15) is 5.75 Å². The average Bonchev–Trinajstić information content (AvgIpc) is 3.19. The molecule has 7 N–H and O–H groups in total. The van der Waals surface area contributed by atoms with E-state index in [1.165, 1.54) is 37.8 Å². The number of aryl methyl sites for hydroxylation is 1. The van der Waals surface area contributed by atoms with Crippen LogP contribution >= 0.6 is 0 Å². The first-order chi connectivity index (χ1) is 27.9. The summed E-state index contributed by atoms with van der Waals surface area (Å²) >= 11 is 0. The Hall–Kier alpha value is -4.16. The molecule has 322 valence electrons. The smallest absolute Gasteiger partial charge is 0.305 e. The Morgan fingerprint density at radius 3 is 2.21 bits per heavy atom. The van der Waals surface area contributed by atoms with Crippen molar-refractivity contribution in [2.75, 3.05) is 52.9 Å². The van der Waals surface area contributed by atoms with Crippen LogP contribution in [0.4, 0.5) is 0 Å². The number of unbranched alkanes of at least 4 members (excludes halogenated alkanes) is 1. The molecule has 3 aromatic carbocycles. The molecule has 4 unspecified atom stereocenters. The second kappa shape index (κ2) is 26.8. The lowest BCUT2D eigenvalue weighted by Gasteiger charge is -2.41. The molecule has 0 spiro atoms. The van der Waals surface area contributed by atoms with Gasteiger partial charge in [0, 0.05) is 40.3 Å². The highest BCUT2D eigenvalue weighted by atomic mass is 16.7. The SMILES string of the molecule is CC(=O)NCCC(C)C1CC(C)(OC(C)=O)Oc2cc(C(C)CCCc3ccccc3)ccc21.COc1cc(CNCCCNCCCCNCCCN)ccc1O. The molecule has 4 rings (SSSR count). The van der Waals surface area contributed by atoms with Gasteiger partial charge in [0.25, 0.3) is 5.79 Å². The van der Waals surface area contributed by atoms with Gasteiger partial charge in [0.05, 0.1) is 7.11 Å². The van der Waals surface area contributed by atoms with Crippen molar-refractivity contribution in [3.63, 3.8) is 0 Å². The number of aromatic hydroxyl groups is 1. The molecule has 0 saturated heterocycles. The largest absolute Gasteiger partial charge is 0.504 e. The number of amides is 1. The van der Waals surface area contributed by atoms with Crippen LogP contribution in [-0.4, -0.2) is 75.7 Å². The summed E-state index contributed by atoms with van der Waals surface area (Å²) in [6.45, 7) is 16.6. The predicted octanol–water partition coefficient (Wildman–Crippen LogP) is 7.31. The molecule has 11 nitrogen and oxygen atoms in total. The number of nitrogens with two attached hydrogens (primary N) is 1. The highest BCUT2D eigenvalue weighted by Crippen LogP contribution is 2.47. The fraction of sp³-hybridized carbons (Fsp3) is 0.574. The van der Waals surface area contributed by atoms with E-state index in [0.29, 0.717) is 30.6 Å². The van der Waals surface area contributed by atoms with Gasteiger partial charge in [-0.2, -0.15) is 0 Å². The van der Waals surface area contributed by atoms with Gasteiger partial charge in [-0.25, -0.2) is 0 Å². The van der Waals surface area contributed by atoms with Crippen molar-refractivity contribution in [2.24, 2.45) is 11.7 Å². The number of hydrogen-bond donors (Lipinski definition) is 6. The summed E-state index contributed by atoms with van der Waals surface area (Å²) in [5, 5.41) is 22.7. The lowest BCUT2D eigenvalue weighted by molar-refractivity contribution is -0.198. The number of ether oxygens (including phenoxy) is 3. The van der Waals surface area contributed by atoms with Gasteiger partial charge < -0.3 is 46.3 Å². The van der Waals surface area contributed by atoms with E-state index in [1.54, 1.807) is 13.2 Å². The van der Waals surface area contributed by atoms with Crippen LogP contribution in [0.2, 0.25) is 0 Å². The summed E-state index contributed by atoms with van der Waals surface area (Å²) in [6.07, 6.45) is 9.29. The van der Waals surface area contributed by atoms with E-state index in [9.17, 15) is 14.7 Å². The molecule has 0 bridgehead atoms. The molecule has 0 saturated carbocycles. The Kier molecular flexibility index (Phi) is 22.2. The maximum absolute atomic E-state index is 11.8. The monoisotopic (exact) mass is 804 g/mol. The van der Waals surface area contributed by atoms with Crippen molar-refractivity contribution in [2.45, 2.75) is 117 Å². The lowest BCUT2D eigenvalue weighted by Crippen LogP contribution is -2.43. The summed E-state index contributed by atoms with van der Waals surface area (Å²) in [6, 6.07) is 22.6. The van der Waals surface area contributed by atoms with Gasteiger partial charge in [0.15, 0.2) is 11.5 Å². The van der Waals surface area contributed by atoms with Crippen molar-refractivity contribution in [1.82, 2.24) is 21.3 Å². The van der Waals surface area contributed by atoms with Crippen molar-refractivity contribution in [3.8, 4) is 17.2 Å². The third-order valence-corrected chi connectivity index (χ3v) is 10.7. The fourth-order valence-electron chi connectivity index (χ4n) is 7.39. The fourth-order valence-corrected chi connectivity index (χ4v) is 7.39. The number of fused-ring (bicyclic) bond motifs is 1. The number of phenolic OH excluding ortho intramolecular Hbond substituents is 1. The third kappa shape index (κ3) is 18.2. The molecular formula is C47H73N5O6. The Bertz CT molecular complexity index is 1620. The molecule has 1 aliphatic heterocycles. The number of hydrogen-bond acceptors (Lipinski definition) is 10. The van der Waals surface area contributed by atoms with E-state index in [2.05, 4.69) is 83.6 Å². The normalized spacial score (nSPS) is 16.8. The van der Waals surface area contributed by atoms with Crippen LogP contribution in [0, 0.1) is 5.92 Å². The van der Waals surface area contributed by atoms with Crippen molar-refractivity contribution >= 4 is 11.9 Å². The zero-order valence-corrected chi connectivity index (χ0v) is 36.2. The number of methoxy groups -OCH3 is 1. The van der Waals surface area contributed by atoms with E-state index in [4.69, 9.17) is 19.9 Å². The maximum Gasteiger partial charge on any atom is 0.305 e. The van der Waals surface area contributed by atoms with E-state index < -0.39 is 5.79 Å². The Morgan fingerprint density at radius 2 is 1.53 bits per heavy atom. The van der Waals surface area contributed by atoms with Crippen molar-refractivity contribution < 1.29 is 28.9 Å². The molecule has 0 aromatic heterocycles. The predicted molar refractivity (Wildman–Crippen MR) is 234 cm³/mol. The molecule has 4 atom stereocenters. The van der Waals surface area contributed by atoms with E-state index in [-0.39, 0.29) is 23.5 Å². The third-order valence-electron chi connectivity index (χ3n) is 10.7. The van der Waals surface area contributed by atoms with Crippen LogP contribution in [0.5, 0.6) is 17.2 Å². The van der Waals surface area contributed by atoms with Crippen LogP contribution in [0.3, 0.4) is 0 Å². The van der Waals surface area contributed by atoms with Crippen LogP contribution in [0.1, 0.15) is 120 Å². The minimum absolute atomic E-state index is 0.0183. The number of rotatable bonds is 25. The molecular weight excluding hydrogens is 731 g/mol. The highest BCUT2D eigenvalue weighted by molar-refractivity contribution is 5.72. The molecule has 0 fully saturated rings. The van der Waals surface area contributed by atoms with Crippen LogP contribution in [-0.2, 0) is 27.3 Å². The second-order valence-corrected chi connectivity index (χ2v) is 15.9. The molecule has 3 aromatic rings. The van der Waals surface area contributed by atoms with Gasteiger partial charge in [-0.1, -0.05) is 62.4 Å². The highest BCUT2D eigenvalue weighted by Gasteiger charge is 2.42. The van der Waals surface area contributed by atoms with Crippen molar-refractivity contribution in [3.05, 3.63) is 89.0 Å². The summed E-state index contributed by atoms with van der Waals surface area (Å²) in [4.78, 5) is 23.1. The Balaban J connectivity index is 0.000000331. The Morgan fingerprint density at radius 1 is 0.845 bits per heavy atom. The van der Waals surface area contributed by atoms with Gasteiger partial charge in [-0.15, -0.1) is 0 Å². The average molecular weight is 804 g/mol. The first-order valence-electron chi connectivity index (χ1n) is 21.4. The van der Waals surface area contributed by atoms with E-state index in [1.807, 2.05) is 19.1 Å². The maximum atomic E-state index is 11.8. The van der Waals surface area contributed by atoms with Gasteiger partial charge in [-0.3, -0.25) is 9.59 Å². The van der Waals surface area contributed by atoms with Gasteiger partial charge in [-0.05, 0) is 149 Å². The minimum Gasteiger partial charge on any atom is -0.504 e. The molecule has 1 amide bonds. The minimum atomic E-state index is -0.999. The zero-order valence-electron chi connectivity index (χ0n) is 36.2. The number of benzene rings is 3. The number of phenols is 1. The molecule has 1 heterocycles. The first-order valence-corrected chi connectivity index (χ1v) is 21.4. The van der Waals surface area contributed by atoms with Crippen LogP contribution in [0.15, 0.2) is 66.7 Å². The summed E-state index contributed by atoms with van der Waals surface area (Å²) in [5.74, 6) is 1.00. The second-order valence-electron chi connectivity index (χ2n) is 15.9. The first kappa shape index (κ1) is 48.2. The molecule has 0 radical (unpaired) electrons. The number of esters is 1. The number of carbonyl (C=O) groups is 2. The summed E-state index contributed by atoms with van der Waals surface area (Å²) in [5.41, 5.74) is 10.3. The van der Waals surface area contributed by atoms with Crippen LogP contribution in [0.25, 0.3) is 0 Å².